The van der Waals surface area contributed by atoms with Crippen molar-refractivity contribution < 1.29 is 23.8 Å². The van der Waals surface area contributed by atoms with Crippen molar-refractivity contribution in [2.45, 2.75) is 23.8 Å². The summed E-state index contributed by atoms with van der Waals surface area (Å²) in [6.07, 6.45) is -1.86. The van der Waals surface area contributed by atoms with E-state index in [0.717, 1.165) is 10.6 Å². The lowest BCUT2D eigenvalue weighted by molar-refractivity contribution is -0.0582. The van der Waals surface area contributed by atoms with Gasteiger partial charge in [-0.2, -0.15) is 0 Å². The fraction of sp³-hybridized carbons (Fsp3) is 0.217. The van der Waals surface area contributed by atoms with Crippen molar-refractivity contribution in [1.82, 2.24) is 9.55 Å². The Hall–Kier alpha value is -3.69. The molecule has 0 saturated carbocycles. The van der Waals surface area contributed by atoms with Gasteiger partial charge in [0.05, 0.1) is 11.1 Å². The van der Waals surface area contributed by atoms with Crippen LogP contribution in [0.1, 0.15) is 26.9 Å². The number of alkyl halides is 1. The highest BCUT2D eigenvalue weighted by molar-refractivity contribution is 6.21. The molecule has 4 rings (SSSR count). The molecule has 2 heterocycles. The largest absolute Gasteiger partial charge is 0.459 e. The number of benzene rings is 2. The fourth-order valence-electron chi connectivity index (χ4n) is 3.40. The summed E-state index contributed by atoms with van der Waals surface area (Å²) >= 11 is 6.55. The summed E-state index contributed by atoms with van der Waals surface area (Å²) in [5.74, 6) is -1.24. The molecule has 10 heteroatoms. The van der Waals surface area contributed by atoms with E-state index in [1.807, 2.05) is 0 Å². The Morgan fingerprint density at radius 3 is 2.15 bits per heavy atom. The highest BCUT2D eigenvalue weighted by Gasteiger charge is 2.48. The maximum Gasteiger partial charge on any atom is 0.338 e. The number of hydrogen-bond donors (Lipinski definition) is 1. The summed E-state index contributed by atoms with van der Waals surface area (Å²) in [5, 5.41) is -1.01. The maximum absolute atomic E-state index is 12.6. The number of nitrogens with zero attached hydrogens (tertiary/aromatic N) is 1. The van der Waals surface area contributed by atoms with Gasteiger partial charge in [0.1, 0.15) is 18.1 Å². The predicted octanol–water partition coefficient (Wildman–Crippen LogP) is 2.12. The Kier molecular flexibility index (Phi) is 6.71. The van der Waals surface area contributed by atoms with Crippen LogP contribution < -0.4 is 11.2 Å². The van der Waals surface area contributed by atoms with Gasteiger partial charge in [-0.15, -0.1) is 11.6 Å². The van der Waals surface area contributed by atoms with Crippen LogP contribution in [-0.2, 0) is 14.2 Å². The van der Waals surface area contributed by atoms with E-state index in [0.29, 0.717) is 11.1 Å². The molecule has 170 valence electrons. The van der Waals surface area contributed by atoms with Crippen molar-refractivity contribution in [3.8, 4) is 0 Å². The molecule has 1 fully saturated rings. The number of halogens is 1. The first-order chi connectivity index (χ1) is 15.9. The summed E-state index contributed by atoms with van der Waals surface area (Å²) in [7, 11) is 0. The van der Waals surface area contributed by atoms with Crippen LogP contribution >= 0.6 is 11.6 Å². The number of nitrogens with one attached hydrogen (secondary N) is 1. The lowest BCUT2D eigenvalue weighted by Crippen LogP contribution is -2.38. The molecule has 0 aliphatic carbocycles. The molecule has 2 unspecified atom stereocenters. The van der Waals surface area contributed by atoms with Gasteiger partial charge in [0, 0.05) is 12.3 Å². The van der Waals surface area contributed by atoms with Crippen LogP contribution in [0.15, 0.2) is 82.5 Å². The minimum Gasteiger partial charge on any atom is -0.459 e. The average molecular weight is 471 g/mol. The molecule has 1 N–H and O–H groups in total. The van der Waals surface area contributed by atoms with Crippen LogP contribution in [0.2, 0.25) is 0 Å². The second-order valence-corrected chi connectivity index (χ2v) is 7.73. The second kappa shape index (κ2) is 9.85. The lowest BCUT2D eigenvalue weighted by atomic mass is 10.1. The summed E-state index contributed by atoms with van der Waals surface area (Å²) in [6.45, 7) is -0.279. The summed E-state index contributed by atoms with van der Waals surface area (Å²) < 4.78 is 17.9. The van der Waals surface area contributed by atoms with E-state index in [-0.39, 0.29) is 6.61 Å². The van der Waals surface area contributed by atoms with Crippen molar-refractivity contribution in [3.63, 3.8) is 0 Å². The van der Waals surface area contributed by atoms with Gasteiger partial charge in [0.2, 0.25) is 0 Å². The number of esters is 2. The van der Waals surface area contributed by atoms with Gasteiger partial charge in [-0.3, -0.25) is 14.3 Å². The average Bonchev–Trinajstić information content (AvgIpc) is 3.13. The molecule has 0 radical (unpaired) electrons. The Bertz CT molecular complexity index is 1240. The standard InChI is InChI=1S/C23H19ClN2O7/c24-18-19(33-22(29)15-9-5-2-6-10-15)16(13-31-21(28)14-7-3-1-4-8-14)32-20(18)26-12-11-17(27)25-23(26)30/h1-12,16,18-20H,13H2,(H,25,27,30)/t16-,18?,19?,20-/m0/s1. The number of ether oxygens (including phenoxy) is 3. The Morgan fingerprint density at radius 2 is 1.55 bits per heavy atom. The molecule has 9 nitrogen and oxygen atoms in total. The van der Waals surface area contributed by atoms with Crippen LogP contribution in [0.25, 0.3) is 0 Å². The normalized spacial score (nSPS) is 22.0. The first-order valence-corrected chi connectivity index (χ1v) is 10.5. The monoisotopic (exact) mass is 470 g/mol. The lowest BCUT2D eigenvalue weighted by Gasteiger charge is -2.20. The van der Waals surface area contributed by atoms with Gasteiger partial charge in [0.25, 0.3) is 5.56 Å². The number of aromatic amines is 1. The Morgan fingerprint density at radius 1 is 0.939 bits per heavy atom. The van der Waals surface area contributed by atoms with Crippen LogP contribution in [0, 0.1) is 0 Å². The SMILES string of the molecule is O=C(OC[C@@H]1O[C@H](n2ccc(=O)[nH]c2=O)C(Cl)C1OC(=O)c1ccccc1)c1ccccc1. The molecule has 1 aromatic heterocycles. The topological polar surface area (TPSA) is 117 Å². The van der Waals surface area contributed by atoms with E-state index in [2.05, 4.69) is 4.98 Å². The summed E-state index contributed by atoms with van der Waals surface area (Å²) in [5.41, 5.74) is -0.691. The summed E-state index contributed by atoms with van der Waals surface area (Å²) in [6, 6.07) is 17.8. The van der Waals surface area contributed by atoms with Gasteiger partial charge in [0.15, 0.2) is 12.3 Å². The zero-order valence-electron chi connectivity index (χ0n) is 17.1. The van der Waals surface area contributed by atoms with Crippen molar-refractivity contribution in [2.24, 2.45) is 0 Å². The smallest absolute Gasteiger partial charge is 0.338 e. The van der Waals surface area contributed by atoms with E-state index >= 15 is 0 Å². The number of H-pyrrole nitrogens is 1. The molecule has 0 spiro atoms. The fourth-order valence-corrected chi connectivity index (χ4v) is 3.80. The first kappa shape index (κ1) is 22.5. The van der Waals surface area contributed by atoms with Crippen molar-refractivity contribution in [2.75, 3.05) is 6.61 Å². The number of hydrogen-bond acceptors (Lipinski definition) is 7. The molecule has 0 amide bonds. The minimum absolute atomic E-state index is 0.279. The molecule has 4 atom stereocenters. The highest BCUT2D eigenvalue weighted by Crippen LogP contribution is 2.35. The maximum atomic E-state index is 12.6. The number of rotatable bonds is 6. The molecular weight excluding hydrogens is 452 g/mol. The molecule has 2 aromatic carbocycles. The van der Waals surface area contributed by atoms with Gasteiger partial charge in [-0.1, -0.05) is 36.4 Å². The van der Waals surface area contributed by atoms with Gasteiger partial charge in [-0.25, -0.2) is 14.4 Å². The third kappa shape index (κ3) is 5.05. The molecule has 3 aromatic rings. The zero-order valence-corrected chi connectivity index (χ0v) is 17.9. The third-order valence-corrected chi connectivity index (χ3v) is 5.50. The molecular formula is C23H19ClN2O7. The van der Waals surface area contributed by atoms with E-state index in [9.17, 15) is 19.2 Å². The second-order valence-electron chi connectivity index (χ2n) is 7.23. The number of aromatic nitrogens is 2. The highest BCUT2D eigenvalue weighted by atomic mass is 35.5. The van der Waals surface area contributed by atoms with Crippen molar-refractivity contribution in [3.05, 3.63) is 105 Å². The molecule has 1 aliphatic heterocycles. The van der Waals surface area contributed by atoms with E-state index in [4.69, 9.17) is 25.8 Å². The molecule has 1 aliphatic rings. The number of carbonyl (C=O) groups is 2. The van der Waals surface area contributed by atoms with Crippen LogP contribution in [0.3, 0.4) is 0 Å². The van der Waals surface area contributed by atoms with E-state index in [1.165, 1.54) is 6.20 Å². The van der Waals surface area contributed by atoms with Crippen molar-refractivity contribution >= 4 is 23.5 Å². The van der Waals surface area contributed by atoms with Crippen LogP contribution in [0.4, 0.5) is 0 Å². The Balaban J connectivity index is 1.56. The van der Waals surface area contributed by atoms with E-state index < -0.39 is 47.0 Å². The van der Waals surface area contributed by atoms with Gasteiger partial charge in [-0.05, 0) is 24.3 Å². The quantitative estimate of drug-likeness (QED) is 0.433. The van der Waals surface area contributed by atoms with Gasteiger partial charge < -0.3 is 14.2 Å². The first-order valence-electron chi connectivity index (χ1n) is 10.0. The molecule has 33 heavy (non-hydrogen) atoms. The predicted molar refractivity (Wildman–Crippen MR) is 117 cm³/mol. The summed E-state index contributed by atoms with van der Waals surface area (Å²) in [4.78, 5) is 50.8. The van der Waals surface area contributed by atoms with Crippen LogP contribution in [0.5, 0.6) is 0 Å². The van der Waals surface area contributed by atoms with Crippen molar-refractivity contribution in [1.29, 1.82) is 0 Å². The molecule has 0 bridgehead atoms. The Labute approximate surface area is 192 Å². The zero-order chi connectivity index (χ0) is 23.4. The molecule has 1 saturated heterocycles. The minimum atomic E-state index is -1.08. The third-order valence-electron chi connectivity index (χ3n) is 5.03. The van der Waals surface area contributed by atoms with E-state index in [1.54, 1.807) is 60.7 Å². The number of carbonyl (C=O) groups excluding carboxylic acids is 2. The van der Waals surface area contributed by atoms with Gasteiger partial charge >= 0.3 is 17.6 Å². The van der Waals surface area contributed by atoms with Crippen LogP contribution in [-0.4, -0.2) is 45.7 Å².